The summed E-state index contributed by atoms with van der Waals surface area (Å²) in [7, 11) is 0. The molecule has 0 unspecified atom stereocenters. The molecule has 1 saturated heterocycles. The van der Waals surface area contributed by atoms with Gasteiger partial charge in [0.2, 0.25) is 0 Å². The molecule has 1 aromatic carbocycles. The predicted molar refractivity (Wildman–Crippen MR) is 60.0 cm³/mol. The van der Waals surface area contributed by atoms with Gasteiger partial charge in [-0.15, -0.1) is 0 Å². The van der Waals surface area contributed by atoms with Crippen LogP contribution in [0.3, 0.4) is 0 Å². The molecule has 1 aliphatic heterocycles. The van der Waals surface area contributed by atoms with Gasteiger partial charge in [-0.05, 0) is 12.5 Å². The fourth-order valence-corrected chi connectivity index (χ4v) is 1.96. The first-order chi connectivity index (χ1) is 8.22. The van der Waals surface area contributed by atoms with Gasteiger partial charge in [-0.25, -0.2) is 0 Å². The number of rotatable bonds is 3. The molecule has 2 rings (SSSR count). The summed E-state index contributed by atoms with van der Waals surface area (Å²) in [6.45, 7) is 2.05. The van der Waals surface area contributed by atoms with Gasteiger partial charge >= 0.3 is 11.9 Å². The lowest BCUT2D eigenvalue weighted by atomic mass is 9.95. The van der Waals surface area contributed by atoms with Gasteiger partial charge in [0.05, 0.1) is 13.0 Å². The summed E-state index contributed by atoms with van der Waals surface area (Å²) >= 11 is 0. The minimum atomic E-state index is -0.523. The standard InChI is InChI=1S/C13H14O4/c1-2-16-13(15)10-8-11(14)17-12(10)9-6-4-3-5-7-9/h3-7,10,12H,2,8H2,1H3/t10-,12+/m0/s1. The molecule has 0 aliphatic carbocycles. The smallest absolute Gasteiger partial charge is 0.313 e. The molecule has 1 aromatic rings. The molecule has 0 saturated carbocycles. The maximum absolute atomic E-state index is 11.7. The Kier molecular flexibility index (Phi) is 3.42. The van der Waals surface area contributed by atoms with Gasteiger partial charge in [-0.1, -0.05) is 30.3 Å². The Balaban J connectivity index is 2.20. The Morgan fingerprint density at radius 2 is 2.12 bits per heavy atom. The lowest BCUT2D eigenvalue weighted by Crippen LogP contribution is -2.20. The lowest BCUT2D eigenvalue weighted by molar-refractivity contribution is -0.150. The number of hydrogen-bond acceptors (Lipinski definition) is 4. The minimum absolute atomic E-state index is 0.0956. The first kappa shape index (κ1) is 11.6. The summed E-state index contributed by atoms with van der Waals surface area (Å²) in [5, 5.41) is 0. The van der Waals surface area contributed by atoms with Crippen molar-refractivity contribution < 1.29 is 19.1 Å². The molecule has 0 aromatic heterocycles. The number of carbonyl (C=O) groups excluding carboxylic acids is 2. The highest BCUT2D eigenvalue weighted by atomic mass is 16.6. The van der Waals surface area contributed by atoms with Gasteiger partial charge in [0.1, 0.15) is 12.0 Å². The van der Waals surface area contributed by atoms with Gasteiger partial charge in [-0.2, -0.15) is 0 Å². The van der Waals surface area contributed by atoms with Gasteiger partial charge < -0.3 is 9.47 Å². The molecule has 90 valence electrons. The first-order valence-electron chi connectivity index (χ1n) is 5.63. The summed E-state index contributed by atoms with van der Waals surface area (Å²) < 4.78 is 10.1. The number of cyclic esters (lactones) is 1. The second-order valence-electron chi connectivity index (χ2n) is 3.88. The van der Waals surface area contributed by atoms with Crippen molar-refractivity contribution in [1.29, 1.82) is 0 Å². The van der Waals surface area contributed by atoms with E-state index < -0.39 is 12.0 Å². The average Bonchev–Trinajstić information content (AvgIpc) is 2.73. The van der Waals surface area contributed by atoms with E-state index in [-0.39, 0.29) is 18.4 Å². The van der Waals surface area contributed by atoms with Crippen LogP contribution in [0.25, 0.3) is 0 Å². The van der Waals surface area contributed by atoms with Crippen molar-refractivity contribution in [1.82, 2.24) is 0 Å². The van der Waals surface area contributed by atoms with Crippen LogP contribution in [-0.4, -0.2) is 18.5 Å². The molecule has 4 nitrogen and oxygen atoms in total. The van der Waals surface area contributed by atoms with E-state index in [9.17, 15) is 9.59 Å². The molecule has 0 amide bonds. The molecule has 2 atom stereocenters. The van der Waals surface area contributed by atoms with Crippen molar-refractivity contribution in [3.63, 3.8) is 0 Å². The molecular weight excluding hydrogens is 220 g/mol. The van der Waals surface area contributed by atoms with Crippen LogP contribution >= 0.6 is 0 Å². The van der Waals surface area contributed by atoms with Crippen molar-refractivity contribution in [2.75, 3.05) is 6.61 Å². The second-order valence-corrected chi connectivity index (χ2v) is 3.88. The van der Waals surface area contributed by atoms with Crippen LogP contribution in [0.4, 0.5) is 0 Å². The van der Waals surface area contributed by atoms with Gasteiger partial charge in [0, 0.05) is 0 Å². The molecule has 17 heavy (non-hydrogen) atoms. The van der Waals surface area contributed by atoms with E-state index in [1.807, 2.05) is 30.3 Å². The molecule has 0 N–H and O–H groups in total. The molecule has 0 bridgehead atoms. The Morgan fingerprint density at radius 3 is 2.76 bits per heavy atom. The third-order valence-corrected chi connectivity index (χ3v) is 2.73. The summed E-state index contributed by atoms with van der Waals surface area (Å²) in [4.78, 5) is 23.0. The molecule has 1 fully saturated rings. The molecule has 0 radical (unpaired) electrons. The number of ether oxygens (including phenoxy) is 2. The van der Waals surface area contributed by atoms with Crippen LogP contribution < -0.4 is 0 Å². The normalized spacial score (nSPS) is 23.2. The summed E-state index contributed by atoms with van der Waals surface area (Å²) in [6, 6.07) is 9.26. The molecule has 4 heteroatoms. The molecule has 0 spiro atoms. The van der Waals surface area contributed by atoms with E-state index in [1.54, 1.807) is 6.92 Å². The largest absolute Gasteiger partial charge is 0.466 e. The first-order valence-corrected chi connectivity index (χ1v) is 5.63. The maximum Gasteiger partial charge on any atom is 0.313 e. The van der Waals surface area contributed by atoms with Gasteiger partial charge in [0.15, 0.2) is 0 Å². The van der Waals surface area contributed by atoms with Crippen molar-refractivity contribution in [2.45, 2.75) is 19.4 Å². The zero-order valence-corrected chi connectivity index (χ0v) is 9.59. The highest BCUT2D eigenvalue weighted by molar-refractivity contribution is 5.83. The van der Waals surface area contributed by atoms with Crippen molar-refractivity contribution >= 4 is 11.9 Å². The van der Waals surface area contributed by atoms with Crippen LogP contribution in [0.1, 0.15) is 25.0 Å². The zero-order valence-electron chi connectivity index (χ0n) is 9.59. The van der Waals surface area contributed by atoms with E-state index in [0.29, 0.717) is 6.61 Å². The number of hydrogen-bond donors (Lipinski definition) is 0. The Bertz CT molecular complexity index is 413. The second kappa shape index (κ2) is 4.99. The Hall–Kier alpha value is -1.84. The third-order valence-electron chi connectivity index (χ3n) is 2.73. The Morgan fingerprint density at radius 1 is 1.41 bits per heavy atom. The van der Waals surface area contributed by atoms with E-state index in [1.165, 1.54) is 0 Å². The van der Waals surface area contributed by atoms with E-state index in [0.717, 1.165) is 5.56 Å². The van der Waals surface area contributed by atoms with Crippen LogP contribution in [0.5, 0.6) is 0 Å². The van der Waals surface area contributed by atoms with E-state index in [4.69, 9.17) is 9.47 Å². The monoisotopic (exact) mass is 234 g/mol. The van der Waals surface area contributed by atoms with Gasteiger partial charge in [-0.3, -0.25) is 9.59 Å². The SMILES string of the molecule is CCOC(=O)[C@H]1CC(=O)O[C@@H]1c1ccccc1. The van der Waals surface area contributed by atoms with Gasteiger partial charge in [0.25, 0.3) is 0 Å². The topological polar surface area (TPSA) is 52.6 Å². The van der Waals surface area contributed by atoms with Crippen LogP contribution in [0, 0.1) is 5.92 Å². The van der Waals surface area contributed by atoms with Crippen molar-refractivity contribution in [2.24, 2.45) is 5.92 Å². The zero-order chi connectivity index (χ0) is 12.3. The molecule has 1 heterocycles. The van der Waals surface area contributed by atoms with Crippen LogP contribution in [0.15, 0.2) is 30.3 Å². The average molecular weight is 234 g/mol. The van der Waals surface area contributed by atoms with Crippen molar-refractivity contribution in [3.05, 3.63) is 35.9 Å². The fraction of sp³-hybridized carbons (Fsp3) is 0.385. The quantitative estimate of drug-likeness (QED) is 0.749. The highest BCUT2D eigenvalue weighted by Crippen LogP contribution is 2.35. The maximum atomic E-state index is 11.7. The number of carbonyl (C=O) groups is 2. The van der Waals surface area contributed by atoms with Crippen LogP contribution in [-0.2, 0) is 19.1 Å². The molecule has 1 aliphatic rings. The summed E-state index contributed by atoms with van der Waals surface area (Å²) in [5.41, 5.74) is 0.830. The van der Waals surface area contributed by atoms with E-state index >= 15 is 0 Å². The fourth-order valence-electron chi connectivity index (χ4n) is 1.96. The number of benzene rings is 1. The highest BCUT2D eigenvalue weighted by Gasteiger charge is 2.41. The summed E-state index contributed by atoms with van der Waals surface area (Å²) in [6.07, 6.45) is -0.416. The van der Waals surface area contributed by atoms with Crippen LogP contribution in [0.2, 0.25) is 0 Å². The van der Waals surface area contributed by atoms with E-state index in [2.05, 4.69) is 0 Å². The van der Waals surface area contributed by atoms with Crippen molar-refractivity contribution in [3.8, 4) is 0 Å². The lowest BCUT2D eigenvalue weighted by Gasteiger charge is -2.16. The number of esters is 2. The minimum Gasteiger partial charge on any atom is -0.466 e. The summed E-state index contributed by atoms with van der Waals surface area (Å²) in [5.74, 6) is -1.24. The molecular formula is C13H14O4. The Labute approximate surface area is 99.5 Å². The third kappa shape index (κ3) is 2.46. The predicted octanol–water partition coefficient (Wildman–Crippen LogP) is 1.85.